The molecule has 0 radical (unpaired) electrons. The Balaban J connectivity index is 0.00000400. The lowest BCUT2D eigenvalue weighted by Crippen LogP contribution is -2.39. The van der Waals surface area contributed by atoms with Gasteiger partial charge in [0.05, 0.1) is 41.6 Å². The number of aryl methyl sites for hydroxylation is 1. The van der Waals surface area contributed by atoms with E-state index in [9.17, 15) is 13.2 Å². The number of hydrogen-bond donors (Lipinski definition) is 0. The van der Waals surface area contributed by atoms with Gasteiger partial charge in [-0.25, -0.2) is 13.4 Å². The number of carbonyl (C=O) groups is 1. The van der Waals surface area contributed by atoms with Crippen molar-refractivity contribution in [2.24, 2.45) is 0 Å². The molecule has 2 aromatic carbocycles. The van der Waals surface area contributed by atoms with Crippen LogP contribution in [-0.2, 0) is 25.8 Å². The van der Waals surface area contributed by atoms with Crippen molar-refractivity contribution < 1.29 is 22.7 Å². The van der Waals surface area contributed by atoms with Gasteiger partial charge in [0.25, 0.3) is 0 Å². The van der Waals surface area contributed by atoms with Gasteiger partial charge in [0.15, 0.2) is 15.0 Å². The lowest BCUT2D eigenvalue weighted by atomic mass is 10.1. The second-order valence-corrected chi connectivity index (χ2v) is 13.0. The fraction of sp³-hybridized carbons (Fsp3) is 0.481. The molecule has 0 bridgehead atoms. The molecule has 1 aromatic heterocycles. The predicted octanol–water partition coefficient (Wildman–Crippen LogP) is 4.52. The Morgan fingerprint density at radius 2 is 1.84 bits per heavy atom. The molecule has 1 aliphatic rings. The van der Waals surface area contributed by atoms with Gasteiger partial charge in [-0.15, -0.1) is 12.4 Å². The second kappa shape index (κ2) is 13.2. The minimum atomic E-state index is -3.36. The van der Waals surface area contributed by atoms with Crippen molar-refractivity contribution >= 4 is 54.8 Å². The number of amides is 1. The van der Waals surface area contributed by atoms with Crippen molar-refractivity contribution in [3.8, 4) is 5.75 Å². The zero-order valence-corrected chi connectivity index (χ0v) is 24.8. The van der Waals surface area contributed by atoms with Gasteiger partial charge in [-0.05, 0) is 56.5 Å². The molecule has 1 fully saturated rings. The van der Waals surface area contributed by atoms with Crippen molar-refractivity contribution in [2.75, 3.05) is 51.4 Å². The summed E-state index contributed by atoms with van der Waals surface area (Å²) in [5, 5.41) is 0.148. The third-order valence-corrected chi connectivity index (χ3v) is 10.0. The van der Waals surface area contributed by atoms with Crippen LogP contribution in [0, 0.1) is 6.92 Å². The molecule has 0 unspecified atom stereocenters. The lowest BCUT2D eigenvalue weighted by Gasteiger charge is -2.27. The molecule has 208 valence electrons. The predicted molar refractivity (Wildman–Crippen MR) is 155 cm³/mol. The molecule has 0 N–H and O–H groups in total. The molecule has 1 aliphatic heterocycles. The van der Waals surface area contributed by atoms with Crippen molar-refractivity contribution in [1.82, 2.24) is 9.88 Å². The van der Waals surface area contributed by atoms with E-state index in [1.807, 2.05) is 19.1 Å². The minimum Gasteiger partial charge on any atom is -0.494 e. The van der Waals surface area contributed by atoms with Crippen molar-refractivity contribution in [2.45, 2.75) is 43.8 Å². The number of benzene rings is 2. The van der Waals surface area contributed by atoms with Crippen molar-refractivity contribution in [1.29, 1.82) is 0 Å². The average Bonchev–Trinajstić information content (AvgIpc) is 3.33. The van der Waals surface area contributed by atoms with E-state index in [0.717, 1.165) is 60.6 Å². The SMILES string of the molecule is COc1ccc(C)c2sc(N(CCCN3CCOCC3)C(=O)Cc3ccc(S(=O)(=O)C(C)C)cc3)nc12.Cl. The normalized spacial score (nSPS) is 14.4. The summed E-state index contributed by atoms with van der Waals surface area (Å²) < 4.78 is 36.9. The van der Waals surface area contributed by atoms with Crippen LogP contribution in [0.1, 0.15) is 31.4 Å². The van der Waals surface area contributed by atoms with Crippen molar-refractivity contribution in [3.63, 3.8) is 0 Å². The van der Waals surface area contributed by atoms with Crippen LogP contribution in [0.15, 0.2) is 41.3 Å². The Morgan fingerprint density at radius 3 is 2.47 bits per heavy atom. The fourth-order valence-corrected chi connectivity index (χ4v) is 6.48. The largest absolute Gasteiger partial charge is 0.494 e. The highest BCUT2D eigenvalue weighted by atomic mass is 35.5. The summed E-state index contributed by atoms with van der Waals surface area (Å²) in [5.74, 6) is 0.614. The van der Waals surface area contributed by atoms with Crippen LogP contribution in [0.2, 0.25) is 0 Å². The van der Waals surface area contributed by atoms with Crippen LogP contribution in [-0.4, -0.2) is 76.0 Å². The summed E-state index contributed by atoms with van der Waals surface area (Å²) in [6.45, 7) is 10.0. The summed E-state index contributed by atoms with van der Waals surface area (Å²) in [5.41, 5.74) is 2.61. The van der Waals surface area contributed by atoms with E-state index in [1.54, 1.807) is 50.1 Å². The zero-order chi connectivity index (χ0) is 26.6. The molecule has 4 rings (SSSR count). The molecular formula is C27H36ClN3O5S2. The summed E-state index contributed by atoms with van der Waals surface area (Å²) in [4.78, 5) is 22.8. The highest BCUT2D eigenvalue weighted by Gasteiger charge is 2.23. The Labute approximate surface area is 235 Å². The minimum absolute atomic E-state index is 0. The first-order chi connectivity index (χ1) is 17.7. The number of hydrogen-bond acceptors (Lipinski definition) is 8. The van der Waals surface area contributed by atoms with Gasteiger partial charge in [-0.2, -0.15) is 0 Å². The summed E-state index contributed by atoms with van der Waals surface area (Å²) in [6, 6.07) is 10.5. The van der Waals surface area contributed by atoms with E-state index in [2.05, 4.69) is 4.90 Å². The van der Waals surface area contributed by atoms with Crippen LogP contribution in [0.5, 0.6) is 5.75 Å². The molecule has 0 saturated carbocycles. The van der Waals surface area contributed by atoms with E-state index in [1.165, 1.54) is 11.3 Å². The van der Waals surface area contributed by atoms with Gasteiger partial charge in [-0.3, -0.25) is 14.6 Å². The standard InChI is InChI=1S/C27H35N3O5S2.ClH/c1-19(2)37(32,33)22-9-7-21(8-10-22)18-24(31)30(13-5-12-29-14-16-35-17-15-29)27-28-25-23(34-4)11-6-20(3)26(25)36-27;/h6-11,19H,5,12-18H2,1-4H3;1H. The highest BCUT2D eigenvalue weighted by Crippen LogP contribution is 2.36. The van der Waals surface area contributed by atoms with E-state index >= 15 is 0 Å². The van der Waals surface area contributed by atoms with Crippen LogP contribution >= 0.6 is 23.7 Å². The number of aromatic nitrogens is 1. The quantitative estimate of drug-likeness (QED) is 0.348. The number of methoxy groups -OCH3 is 1. The van der Waals surface area contributed by atoms with Gasteiger partial charge in [0, 0.05) is 26.2 Å². The Bertz CT molecular complexity index is 1340. The first-order valence-corrected chi connectivity index (χ1v) is 14.9. The molecule has 38 heavy (non-hydrogen) atoms. The van der Waals surface area contributed by atoms with Gasteiger partial charge in [-0.1, -0.05) is 29.5 Å². The number of morpholine rings is 1. The topological polar surface area (TPSA) is 89.0 Å². The first kappa shape index (κ1) is 30.3. The molecule has 1 saturated heterocycles. The molecule has 1 amide bonds. The molecule has 0 aliphatic carbocycles. The molecule has 8 nitrogen and oxygen atoms in total. The summed E-state index contributed by atoms with van der Waals surface area (Å²) in [6.07, 6.45) is 0.967. The fourth-order valence-electron chi connectivity index (χ4n) is 4.32. The molecule has 2 heterocycles. The number of carbonyl (C=O) groups excluding carboxylic acids is 1. The number of sulfone groups is 1. The maximum absolute atomic E-state index is 13.6. The Morgan fingerprint density at radius 1 is 1.16 bits per heavy atom. The number of ether oxygens (including phenoxy) is 2. The lowest BCUT2D eigenvalue weighted by molar-refractivity contribution is -0.118. The van der Waals surface area contributed by atoms with Crippen LogP contribution < -0.4 is 9.64 Å². The van der Waals surface area contributed by atoms with E-state index in [0.29, 0.717) is 17.4 Å². The summed E-state index contributed by atoms with van der Waals surface area (Å²) in [7, 11) is -1.74. The third-order valence-electron chi connectivity index (χ3n) is 6.63. The maximum Gasteiger partial charge on any atom is 0.233 e. The van der Waals surface area contributed by atoms with E-state index in [-0.39, 0.29) is 29.6 Å². The second-order valence-electron chi connectivity index (χ2n) is 9.53. The Hall–Kier alpha value is -2.24. The smallest absolute Gasteiger partial charge is 0.233 e. The van der Waals surface area contributed by atoms with E-state index in [4.69, 9.17) is 14.5 Å². The number of halogens is 1. The van der Waals surface area contributed by atoms with Crippen LogP contribution in [0.25, 0.3) is 10.2 Å². The molecular weight excluding hydrogens is 546 g/mol. The third kappa shape index (κ3) is 6.84. The highest BCUT2D eigenvalue weighted by molar-refractivity contribution is 7.92. The first-order valence-electron chi connectivity index (χ1n) is 12.6. The van der Waals surface area contributed by atoms with E-state index < -0.39 is 15.1 Å². The molecule has 3 aromatic rings. The van der Waals surface area contributed by atoms with Crippen molar-refractivity contribution in [3.05, 3.63) is 47.5 Å². The monoisotopic (exact) mass is 581 g/mol. The number of rotatable bonds is 10. The summed E-state index contributed by atoms with van der Waals surface area (Å²) >= 11 is 1.50. The molecule has 0 spiro atoms. The van der Waals surface area contributed by atoms with Gasteiger partial charge < -0.3 is 9.47 Å². The number of thiazole rings is 1. The van der Waals surface area contributed by atoms with Gasteiger partial charge in [0.1, 0.15) is 11.3 Å². The number of nitrogens with zero attached hydrogens (tertiary/aromatic N) is 3. The number of anilines is 1. The van der Waals surface area contributed by atoms with Crippen LogP contribution in [0.3, 0.4) is 0 Å². The van der Waals surface area contributed by atoms with Gasteiger partial charge in [0.2, 0.25) is 5.91 Å². The maximum atomic E-state index is 13.6. The Kier molecular flexibility index (Phi) is 10.5. The average molecular weight is 582 g/mol. The molecule has 11 heteroatoms. The van der Waals surface area contributed by atoms with Gasteiger partial charge >= 0.3 is 0 Å². The molecule has 0 atom stereocenters. The van der Waals surface area contributed by atoms with Crippen LogP contribution in [0.4, 0.5) is 5.13 Å². The number of fused-ring (bicyclic) bond motifs is 1. The zero-order valence-electron chi connectivity index (χ0n) is 22.3.